The minimum absolute atomic E-state index is 0.0338. The van der Waals surface area contributed by atoms with Crippen LogP contribution in [0.15, 0.2) is 46.9 Å². The minimum Gasteiger partial charge on any atom is -0.506 e. The van der Waals surface area contributed by atoms with Crippen molar-refractivity contribution in [1.82, 2.24) is 15.7 Å². The molecule has 1 heterocycles. The van der Waals surface area contributed by atoms with Crippen LogP contribution in [0.1, 0.15) is 46.2 Å². The number of furan rings is 1. The van der Waals surface area contributed by atoms with E-state index in [0.29, 0.717) is 11.1 Å². The quantitative estimate of drug-likeness (QED) is 0.0583. The summed E-state index contributed by atoms with van der Waals surface area (Å²) in [4.78, 5) is 59.4. The maximum atomic E-state index is 14.2. The number of phenols is 1. The molecular weight excluding hydrogens is 604 g/mol. The molecule has 2 atom stereocenters. The van der Waals surface area contributed by atoms with Gasteiger partial charge in [-0.05, 0) is 55.2 Å². The van der Waals surface area contributed by atoms with Crippen molar-refractivity contribution < 1.29 is 62.4 Å². The first kappa shape index (κ1) is 34.0. The summed E-state index contributed by atoms with van der Waals surface area (Å²) in [5.74, 6) is -8.50. The van der Waals surface area contributed by atoms with E-state index in [0.717, 1.165) is 18.2 Å². The lowest BCUT2D eigenvalue weighted by atomic mass is 9.89. The number of rotatable bonds is 16. The number of benzene rings is 2. The number of hydrogen-bond acceptors (Lipinski definition) is 9. The Morgan fingerprint density at radius 1 is 1.07 bits per heavy atom. The third-order valence-electron chi connectivity index (χ3n) is 6.69. The zero-order chi connectivity index (χ0) is 33.3. The standard InChI is InChI=1S/C29H29F2N3O11/c1-2-22(34(43)14-35)18(6-4-15-3-5-16(30)9-21(15)31)27(39)32-13-33-28(40)24-8-7-23(45-24)19-10-17(44-12-25(36)37)11-20(26(19)38)29(41)42/h3,5,7-11,14,18,22,38,43H,2,4,6,12-13H2,1H3,(H,32,39)(H,33,40)(H,36,37)(H,41,42)/t18-,22-/m1/s1. The monoisotopic (exact) mass is 633 g/mol. The summed E-state index contributed by atoms with van der Waals surface area (Å²) >= 11 is 0. The van der Waals surface area contributed by atoms with Gasteiger partial charge in [-0.3, -0.25) is 19.6 Å². The fourth-order valence-electron chi connectivity index (χ4n) is 4.49. The molecule has 0 saturated heterocycles. The molecule has 0 saturated carbocycles. The van der Waals surface area contributed by atoms with Gasteiger partial charge in [0.25, 0.3) is 5.91 Å². The Hall–Kier alpha value is -5.51. The van der Waals surface area contributed by atoms with Crippen molar-refractivity contribution >= 4 is 30.2 Å². The number of aryl methyl sites for hydroxylation is 1. The van der Waals surface area contributed by atoms with E-state index < -0.39 is 71.9 Å². The normalized spacial score (nSPS) is 12.1. The van der Waals surface area contributed by atoms with Gasteiger partial charge in [-0.1, -0.05) is 13.0 Å². The van der Waals surface area contributed by atoms with E-state index in [4.69, 9.17) is 14.3 Å². The van der Waals surface area contributed by atoms with Crippen molar-refractivity contribution in [3.05, 3.63) is 71.0 Å². The number of aromatic hydroxyl groups is 1. The van der Waals surface area contributed by atoms with Gasteiger partial charge < -0.3 is 35.1 Å². The molecule has 0 spiro atoms. The predicted molar refractivity (Wildman–Crippen MR) is 148 cm³/mol. The highest BCUT2D eigenvalue weighted by Gasteiger charge is 2.31. The van der Waals surface area contributed by atoms with Crippen LogP contribution < -0.4 is 15.4 Å². The van der Waals surface area contributed by atoms with E-state index >= 15 is 0 Å². The Labute approximate surface area is 253 Å². The van der Waals surface area contributed by atoms with Crippen LogP contribution in [0.4, 0.5) is 8.78 Å². The maximum Gasteiger partial charge on any atom is 0.341 e. The molecule has 0 aliphatic heterocycles. The lowest BCUT2D eigenvalue weighted by molar-refractivity contribution is -0.168. The number of halogens is 2. The summed E-state index contributed by atoms with van der Waals surface area (Å²) in [6.45, 7) is 0.359. The van der Waals surface area contributed by atoms with E-state index in [2.05, 4.69) is 10.6 Å². The summed E-state index contributed by atoms with van der Waals surface area (Å²) in [6, 6.07) is 6.43. The molecule has 3 rings (SSSR count). The van der Waals surface area contributed by atoms with Crippen molar-refractivity contribution in [2.75, 3.05) is 13.3 Å². The minimum atomic E-state index is -1.54. The molecule has 45 heavy (non-hydrogen) atoms. The molecule has 0 aliphatic rings. The fraction of sp³-hybridized carbons (Fsp3) is 0.276. The van der Waals surface area contributed by atoms with Gasteiger partial charge in [0, 0.05) is 6.07 Å². The van der Waals surface area contributed by atoms with Gasteiger partial charge in [-0.15, -0.1) is 0 Å². The molecule has 240 valence electrons. The van der Waals surface area contributed by atoms with Crippen LogP contribution in [0.3, 0.4) is 0 Å². The van der Waals surface area contributed by atoms with Crippen molar-refractivity contribution in [2.45, 2.75) is 32.2 Å². The van der Waals surface area contributed by atoms with Gasteiger partial charge in [-0.25, -0.2) is 23.4 Å². The third kappa shape index (κ3) is 8.76. The number of carboxylic acids is 2. The topological polar surface area (TPSA) is 216 Å². The summed E-state index contributed by atoms with van der Waals surface area (Å²) in [7, 11) is 0. The number of aromatic carboxylic acids is 1. The van der Waals surface area contributed by atoms with Gasteiger partial charge in [0.15, 0.2) is 12.4 Å². The molecule has 16 heteroatoms. The molecule has 0 unspecified atom stereocenters. The Bertz CT molecular complexity index is 1580. The first-order valence-electron chi connectivity index (χ1n) is 13.3. The Kier molecular flexibility index (Phi) is 11.5. The lowest BCUT2D eigenvalue weighted by Gasteiger charge is -2.29. The van der Waals surface area contributed by atoms with Crippen LogP contribution in [-0.4, -0.2) is 75.1 Å². The van der Waals surface area contributed by atoms with Gasteiger partial charge in [-0.2, -0.15) is 0 Å². The first-order chi connectivity index (χ1) is 21.4. The second-order valence-corrected chi connectivity index (χ2v) is 9.58. The fourth-order valence-corrected chi connectivity index (χ4v) is 4.49. The predicted octanol–water partition coefficient (Wildman–Crippen LogP) is 2.77. The number of hydroxylamine groups is 2. The summed E-state index contributed by atoms with van der Waals surface area (Å²) < 4.78 is 37.9. The zero-order valence-corrected chi connectivity index (χ0v) is 23.7. The average molecular weight is 634 g/mol. The van der Waals surface area contributed by atoms with E-state index in [9.17, 15) is 48.2 Å². The van der Waals surface area contributed by atoms with Gasteiger partial charge in [0.05, 0.1) is 24.2 Å². The number of amides is 3. The first-order valence-corrected chi connectivity index (χ1v) is 13.3. The smallest absolute Gasteiger partial charge is 0.341 e. The molecular formula is C29H29F2N3O11. The Balaban J connectivity index is 1.71. The molecule has 3 amide bonds. The average Bonchev–Trinajstić information content (AvgIpc) is 3.49. The molecule has 0 aliphatic carbocycles. The Morgan fingerprint density at radius 2 is 1.80 bits per heavy atom. The van der Waals surface area contributed by atoms with Crippen molar-refractivity contribution in [2.24, 2.45) is 5.92 Å². The summed E-state index contributed by atoms with van der Waals surface area (Å²) in [6.07, 6.45) is 0.173. The van der Waals surface area contributed by atoms with Gasteiger partial charge in [0.2, 0.25) is 12.3 Å². The highest BCUT2D eigenvalue weighted by atomic mass is 19.1. The van der Waals surface area contributed by atoms with Crippen LogP contribution in [0.2, 0.25) is 0 Å². The largest absolute Gasteiger partial charge is 0.506 e. The third-order valence-corrected chi connectivity index (χ3v) is 6.69. The van der Waals surface area contributed by atoms with Crippen molar-refractivity contribution in [3.8, 4) is 22.8 Å². The molecule has 0 fully saturated rings. The lowest BCUT2D eigenvalue weighted by Crippen LogP contribution is -2.47. The number of carbonyl (C=O) groups excluding carboxylic acids is 3. The van der Waals surface area contributed by atoms with Crippen LogP contribution in [0.5, 0.6) is 11.5 Å². The van der Waals surface area contributed by atoms with Crippen molar-refractivity contribution in [1.29, 1.82) is 0 Å². The molecule has 6 N–H and O–H groups in total. The van der Waals surface area contributed by atoms with Gasteiger partial charge >= 0.3 is 11.9 Å². The van der Waals surface area contributed by atoms with E-state index in [1.54, 1.807) is 6.92 Å². The van der Waals surface area contributed by atoms with Crippen LogP contribution in [0, 0.1) is 17.6 Å². The number of nitrogens with zero attached hydrogens (tertiary/aromatic N) is 1. The second kappa shape index (κ2) is 15.3. The maximum absolute atomic E-state index is 14.2. The number of ether oxygens (including phenoxy) is 1. The number of carboxylic acid groups (broad SMARTS) is 2. The molecule has 0 radical (unpaired) electrons. The number of aliphatic carboxylic acids is 1. The van der Waals surface area contributed by atoms with Crippen LogP contribution >= 0.6 is 0 Å². The SMILES string of the molecule is CC[C@H]([C@@H](CCc1ccc(F)cc1F)C(=O)NCNC(=O)c1ccc(-c2cc(OCC(=O)O)cc(C(=O)O)c2O)o1)N(O)C=O. The summed E-state index contributed by atoms with van der Waals surface area (Å²) in [5, 5.41) is 43.8. The number of carbonyl (C=O) groups is 5. The van der Waals surface area contributed by atoms with Crippen LogP contribution in [0.25, 0.3) is 11.3 Å². The molecule has 14 nitrogen and oxygen atoms in total. The van der Waals surface area contributed by atoms with Gasteiger partial charge in [0.1, 0.15) is 34.5 Å². The molecule has 0 bridgehead atoms. The zero-order valence-electron chi connectivity index (χ0n) is 23.7. The number of hydrogen-bond donors (Lipinski definition) is 6. The molecule has 3 aromatic rings. The number of nitrogens with one attached hydrogen (secondary N) is 2. The second-order valence-electron chi connectivity index (χ2n) is 9.58. The Morgan fingerprint density at radius 3 is 2.42 bits per heavy atom. The van der Waals surface area contributed by atoms with E-state index in [1.807, 2.05) is 0 Å². The summed E-state index contributed by atoms with van der Waals surface area (Å²) in [5.41, 5.74) is -0.712. The van der Waals surface area contributed by atoms with Crippen LogP contribution in [-0.2, 0) is 20.8 Å². The molecule has 2 aromatic carbocycles. The highest BCUT2D eigenvalue weighted by molar-refractivity contribution is 5.95. The van der Waals surface area contributed by atoms with E-state index in [1.165, 1.54) is 18.2 Å². The highest BCUT2D eigenvalue weighted by Crippen LogP contribution is 2.37. The molecule has 1 aromatic heterocycles. The van der Waals surface area contributed by atoms with E-state index in [-0.39, 0.29) is 54.1 Å². The van der Waals surface area contributed by atoms with Crippen molar-refractivity contribution in [3.63, 3.8) is 0 Å².